The third-order valence-corrected chi connectivity index (χ3v) is 0.419. The number of carbonyl (C=O) groups excluding carboxylic acids is 1. The van der Waals surface area contributed by atoms with Crippen LogP contribution in [0.1, 0.15) is 0 Å². The highest BCUT2D eigenvalue weighted by Crippen LogP contribution is 1.62. The molecule has 0 bridgehead atoms. The summed E-state index contributed by atoms with van der Waals surface area (Å²) in [6.45, 7) is -0.0873. The van der Waals surface area contributed by atoms with Gasteiger partial charge in [-0.15, -0.1) is 0 Å². The molecule has 3 N–H and O–H groups in total. The van der Waals surface area contributed by atoms with Gasteiger partial charge in [-0.3, -0.25) is 0 Å². The average molecular weight is 115 g/mol. The lowest BCUT2D eigenvalue weighted by molar-refractivity contribution is 0.149. The van der Waals surface area contributed by atoms with Gasteiger partial charge in [0.05, 0.1) is 6.07 Å². The van der Waals surface area contributed by atoms with Crippen LogP contribution in [-0.4, -0.2) is 12.6 Å². The van der Waals surface area contributed by atoms with Crippen molar-refractivity contribution in [2.45, 2.75) is 0 Å². The van der Waals surface area contributed by atoms with E-state index in [9.17, 15) is 4.79 Å². The predicted octanol–water partition coefficient (Wildman–Crippen LogP) is -0.890. The minimum atomic E-state index is -0.799. The van der Waals surface area contributed by atoms with Crippen molar-refractivity contribution in [3.8, 4) is 6.07 Å². The molecule has 0 rings (SSSR count). The van der Waals surface area contributed by atoms with Crippen molar-refractivity contribution in [1.29, 1.82) is 5.26 Å². The number of nitrogens with one attached hydrogen (secondary N) is 1. The van der Waals surface area contributed by atoms with E-state index < -0.39 is 6.09 Å². The van der Waals surface area contributed by atoms with Crippen LogP contribution in [0.25, 0.3) is 0 Å². The molecule has 0 atom stereocenters. The number of rotatable bonds is 1. The Hall–Kier alpha value is -1.28. The van der Waals surface area contributed by atoms with E-state index in [4.69, 9.17) is 5.26 Å². The van der Waals surface area contributed by atoms with Gasteiger partial charge in [0.15, 0.2) is 0 Å². The summed E-state index contributed by atoms with van der Waals surface area (Å²) in [6, 6.07) is 1.67. The van der Waals surface area contributed by atoms with E-state index in [1.54, 1.807) is 6.07 Å². The Labute approximate surface area is 46.0 Å². The molecule has 5 nitrogen and oxygen atoms in total. The second-order valence-electron chi connectivity index (χ2n) is 0.917. The summed E-state index contributed by atoms with van der Waals surface area (Å²) in [7, 11) is 0. The maximum atomic E-state index is 9.96. The van der Waals surface area contributed by atoms with Crippen LogP contribution >= 0.6 is 0 Å². The Morgan fingerprint density at radius 1 is 2.00 bits per heavy atom. The molecule has 0 aromatic heterocycles. The molecule has 5 heteroatoms. The SMILES string of the molecule is N#CCNC(=O)ON. The number of nitriles is 1. The molecular formula is C3H5N3O2. The third-order valence-electron chi connectivity index (χ3n) is 0.419. The number of nitrogens with two attached hydrogens (primary N) is 1. The number of hydrogen-bond acceptors (Lipinski definition) is 4. The molecule has 0 aliphatic rings. The van der Waals surface area contributed by atoms with Crippen LogP contribution in [0.5, 0.6) is 0 Å². The van der Waals surface area contributed by atoms with Crippen LogP contribution in [0.3, 0.4) is 0 Å². The Bertz CT molecular complexity index is 116. The fourth-order valence-corrected chi connectivity index (χ4v) is 0.153. The molecule has 0 aliphatic carbocycles. The van der Waals surface area contributed by atoms with Crippen molar-refractivity contribution in [3.63, 3.8) is 0 Å². The normalized spacial score (nSPS) is 7.00. The van der Waals surface area contributed by atoms with E-state index >= 15 is 0 Å². The van der Waals surface area contributed by atoms with Crippen LogP contribution in [0.2, 0.25) is 0 Å². The summed E-state index contributed by atoms with van der Waals surface area (Å²) >= 11 is 0. The zero-order valence-corrected chi connectivity index (χ0v) is 4.05. The van der Waals surface area contributed by atoms with E-state index in [0.717, 1.165) is 0 Å². The van der Waals surface area contributed by atoms with E-state index in [1.807, 2.05) is 5.32 Å². The van der Waals surface area contributed by atoms with Gasteiger partial charge in [-0.05, 0) is 0 Å². The highest BCUT2D eigenvalue weighted by Gasteiger charge is 1.93. The first-order chi connectivity index (χ1) is 3.81. The quantitative estimate of drug-likeness (QED) is 0.342. The van der Waals surface area contributed by atoms with Gasteiger partial charge < -0.3 is 10.2 Å². The minimum Gasteiger partial charge on any atom is -0.357 e. The number of hydrogen-bond donors (Lipinski definition) is 2. The summed E-state index contributed by atoms with van der Waals surface area (Å²) < 4.78 is 0. The Morgan fingerprint density at radius 3 is 3.00 bits per heavy atom. The summed E-state index contributed by atoms with van der Waals surface area (Å²) in [4.78, 5) is 13.6. The summed E-state index contributed by atoms with van der Waals surface area (Å²) in [5.74, 6) is 4.39. The summed E-state index contributed by atoms with van der Waals surface area (Å²) in [5.41, 5.74) is 0. The molecule has 0 fully saturated rings. The van der Waals surface area contributed by atoms with E-state index in [2.05, 4.69) is 10.7 Å². The Kier molecular flexibility index (Phi) is 3.27. The molecule has 0 saturated carbocycles. The van der Waals surface area contributed by atoms with Gasteiger partial charge in [-0.1, -0.05) is 0 Å². The molecule has 0 aliphatic heterocycles. The lowest BCUT2D eigenvalue weighted by Crippen LogP contribution is -2.26. The molecule has 0 heterocycles. The first-order valence-corrected chi connectivity index (χ1v) is 1.82. The molecule has 0 aromatic rings. The van der Waals surface area contributed by atoms with Crippen LogP contribution in [0.15, 0.2) is 0 Å². The highest BCUT2D eigenvalue weighted by atomic mass is 16.7. The molecule has 0 unspecified atom stereocenters. The molecule has 0 radical (unpaired) electrons. The second-order valence-corrected chi connectivity index (χ2v) is 0.917. The van der Waals surface area contributed by atoms with Crippen molar-refractivity contribution in [2.75, 3.05) is 6.54 Å². The Balaban J connectivity index is 3.15. The summed E-state index contributed by atoms with van der Waals surface area (Å²) in [6.07, 6.45) is -0.799. The van der Waals surface area contributed by atoms with Crippen molar-refractivity contribution in [1.82, 2.24) is 5.32 Å². The van der Waals surface area contributed by atoms with Gasteiger partial charge >= 0.3 is 6.09 Å². The molecule has 0 spiro atoms. The molecule has 1 amide bonds. The summed E-state index contributed by atoms with van der Waals surface area (Å²) in [5, 5.41) is 9.88. The predicted molar refractivity (Wildman–Crippen MR) is 24.3 cm³/mol. The van der Waals surface area contributed by atoms with Gasteiger partial charge in [-0.25, -0.2) is 4.79 Å². The fourth-order valence-electron chi connectivity index (χ4n) is 0.153. The van der Waals surface area contributed by atoms with Crippen LogP contribution in [-0.2, 0) is 4.84 Å². The van der Waals surface area contributed by atoms with Gasteiger partial charge in [0, 0.05) is 0 Å². The second kappa shape index (κ2) is 3.89. The Morgan fingerprint density at radius 2 is 2.62 bits per heavy atom. The average Bonchev–Trinajstić information content (AvgIpc) is 1.83. The zero-order chi connectivity index (χ0) is 6.41. The van der Waals surface area contributed by atoms with E-state index in [1.165, 1.54) is 0 Å². The van der Waals surface area contributed by atoms with Gasteiger partial charge in [0.1, 0.15) is 6.54 Å². The third kappa shape index (κ3) is 2.93. The monoisotopic (exact) mass is 115 g/mol. The first kappa shape index (κ1) is 6.72. The van der Waals surface area contributed by atoms with Crippen LogP contribution in [0, 0.1) is 11.3 Å². The molecule has 8 heavy (non-hydrogen) atoms. The maximum absolute atomic E-state index is 9.96. The van der Waals surface area contributed by atoms with Gasteiger partial charge in [-0.2, -0.15) is 11.2 Å². The topological polar surface area (TPSA) is 88.1 Å². The molecule has 0 saturated heterocycles. The van der Waals surface area contributed by atoms with E-state index in [-0.39, 0.29) is 6.54 Å². The number of amides is 1. The van der Waals surface area contributed by atoms with Crippen molar-refractivity contribution < 1.29 is 9.63 Å². The number of nitrogens with zero attached hydrogens (tertiary/aromatic N) is 1. The lowest BCUT2D eigenvalue weighted by Gasteiger charge is -1.92. The van der Waals surface area contributed by atoms with E-state index in [0.29, 0.717) is 0 Å². The minimum absolute atomic E-state index is 0.0873. The van der Waals surface area contributed by atoms with Crippen molar-refractivity contribution >= 4 is 6.09 Å². The zero-order valence-electron chi connectivity index (χ0n) is 4.05. The van der Waals surface area contributed by atoms with Crippen LogP contribution in [0.4, 0.5) is 4.79 Å². The van der Waals surface area contributed by atoms with Gasteiger partial charge in [0.2, 0.25) is 0 Å². The smallest absolute Gasteiger partial charge is 0.357 e. The van der Waals surface area contributed by atoms with Crippen LogP contribution < -0.4 is 11.2 Å². The standard InChI is InChI=1S/C3H5N3O2/c4-1-2-6-3(7)8-5/h2,5H2,(H,6,7). The molecule has 0 aromatic carbocycles. The van der Waals surface area contributed by atoms with Gasteiger partial charge in [0.25, 0.3) is 0 Å². The molecule has 44 valence electrons. The van der Waals surface area contributed by atoms with Crippen molar-refractivity contribution in [3.05, 3.63) is 0 Å². The maximum Gasteiger partial charge on any atom is 0.426 e. The lowest BCUT2D eigenvalue weighted by atomic mass is 10.7. The largest absolute Gasteiger partial charge is 0.426 e. The van der Waals surface area contributed by atoms with Crippen molar-refractivity contribution in [2.24, 2.45) is 5.90 Å². The first-order valence-electron chi connectivity index (χ1n) is 1.82. The highest BCUT2D eigenvalue weighted by molar-refractivity contribution is 5.66. The number of carbonyl (C=O) groups is 1. The molecular weight excluding hydrogens is 110 g/mol. The fraction of sp³-hybridized carbons (Fsp3) is 0.333.